The second kappa shape index (κ2) is 8.66. The number of carbonyl (C=O) groups excluding carboxylic acids is 1. The van der Waals surface area contributed by atoms with E-state index in [4.69, 9.17) is 0 Å². The van der Waals surface area contributed by atoms with Crippen LogP contribution in [0.15, 0.2) is 36.5 Å². The van der Waals surface area contributed by atoms with Crippen LogP contribution in [0.5, 0.6) is 0 Å². The van der Waals surface area contributed by atoms with E-state index in [9.17, 15) is 9.18 Å². The molecule has 0 aliphatic carbocycles. The Bertz CT molecular complexity index is 846. The quantitative estimate of drug-likeness (QED) is 0.773. The number of fused-ring (bicyclic) bond motifs is 1. The van der Waals surface area contributed by atoms with Crippen molar-refractivity contribution >= 4 is 22.5 Å². The highest BCUT2D eigenvalue weighted by molar-refractivity contribution is 5.91. The molecule has 2 aliphatic rings. The summed E-state index contributed by atoms with van der Waals surface area (Å²) < 4.78 is 13.6. The van der Waals surface area contributed by atoms with E-state index < -0.39 is 6.17 Å². The summed E-state index contributed by atoms with van der Waals surface area (Å²) in [6.45, 7) is 7.56. The van der Waals surface area contributed by atoms with Crippen molar-refractivity contribution in [3.05, 3.63) is 36.5 Å². The number of carbonyl (C=O) groups is 1. The maximum absolute atomic E-state index is 13.6. The Morgan fingerprint density at radius 1 is 1.24 bits per heavy atom. The van der Waals surface area contributed by atoms with Crippen LogP contribution in [0.4, 0.5) is 10.1 Å². The van der Waals surface area contributed by atoms with Crippen molar-refractivity contribution in [3.63, 3.8) is 0 Å². The molecule has 29 heavy (non-hydrogen) atoms. The summed E-state index contributed by atoms with van der Waals surface area (Å²) in [6.07, 6.45) is 3.50. The fraction of sp³-hybridized carbons (Fsp3) is 0.565. The fourth-order valence-corrected chi connectivity index (χ4v) is 4.95. The van der Waals surface area contributed by atoms with E-state index in [2.05, 4.69) is 46.0 Å². The molecule has 2 aromatic rings. The summed E-state index contributed by atoms with van der Waals surface area (Å²) in [7, 11) is 0. The molecule has 4 rings (SSSR count). The van der Waals surface area contributed by atoms with Crippen LogP contribution in [0.25, 0.3) is 10.9 Å². The van der Waals surface area contributed by atoms with Crippen LogP contribution < -0.4 is 4.90 Å². The topological polar surface area (TPSA) is 39.7 Å². The molecule has 2 atom stereocenters. The molecule has 0 saturated carbocycles. The van der Waals surface area contributed by atoms with Crippen molar-refractivity contribution in [2.75, 3.05) is 37.6 Å². The number of piperidine rings is 1. The Kier molecular flexibility index (Phi) is 5.99. The highest BCUT2D eigenvalue weighted by Crippen LogP contribution is 2.30. The summed E-state index contributed by atoms with van der Waals surface area (Å²) in [6, 6.07) is 10.9. The van der Waals surface area contributed by atoms with Gasteiger partial charge in [0.05, 0.1) is 18.6 Å². The van der Waals surface area contributed by atoms with E-state index in [-0.39, 0.29) is 18.5 Å². The zero-order chi connectivity index (χ0) is 20.4. The molecule has 3 heterocycles. The van der Waals surface area contributed by atoms with Crippen molar-refractivity contribution in [2.45, 2.75) is 51.4 Å². The summed E-state index contributed by atoms with van der Waals surface area (Å²) in [5.74, 6) is 0.0728. The van der Waals surface area contributed by atoms with Gasteiger partial charge in [0.2, 0.25) is 5.91 Å². The first-order valence-electron chi connectivity index (χ1n) is 10.8. The molecule has 2 aliphatic heterocycles. The van der Waals surface area contributed by atoms with Gasteiger partial charge >= 0.3 is 0 Å². The average Bonchev–Trinajstić information content (AvgIpc) is 3.08. The second-order valence-corrected chi connectivity index (χ2v) is 8.37. The maximum atomic E-state index is 13.6. The second-order valence-electron chi connectivity index (χ2n) is 8.37. The molecule has 5 nitrogen and oxygen atoms in total. The summed E-state index contributed by atoms with van der Waals surface area (Å²) in [5, 5.41) is 1.19. The van der Waals surface area contributed by atoms with Crippen molar-refractivity contribution in [1.29, 1.82) is 0 Å². The molecular formula is C23H31FN4O. The Balaban J connectivity index is 1.39. The first kappa shape index (κ1) is 20.1. The number of likely N-dealkylation sites (tertiary alicyclic amines) is 2. The van der Waals surface area contributed by atoms with Gasteiger partial charge in [0, 0.05) is 55.4 Å². The molecule has 1 aromatic carbocycles. The Morgan fingerprint density at radius 3 is 2.72 bits per heavy atom. The lowest BCUT2D eigenvalue weighted by atomic mass is 10.0. The summed E-state index contributed by atoms with van der Waals surface area (Å²) in [4.78, 5) is 23.5. The Hall–Kier alpha value is -2.21. The number of aromatic nitrogens is 1. The number of halogens is 1. The highest BCUT2D eigenvalue weighted by atomic mass is 19.1. The van der Waals surface area contributed by atoms with E-state index in [1.54, 1.807) is 4.90 Å². The first-order chi connectivity index (χ1) is 14.1. The zero-order valence-corrected chi connectivity index (χ0v) is 17.4. The minimum Gasteiger partial charge on any atom is -0.368 e. The van der Waals surface area contributed by atoms with Gasteiger partial charge < -0.3 is 9.80 Å². The molecular weight excluding hydrogens is 367 g/mol. The SMILES string of the molecule is CCN(c1cccc2ncccc12)C1CCN(CC(=O)N2C[C@@H](F)C[C@H]2C)CC1. The van der Waals surface area contributed by atoms with Crippen LogP contribution in [-0.2, 0) is 4.79 Å². The highest BCUT2D eigenvalue weighted by Gasteiger charge is 2.33. The number of hydrogen-bond acceptors (Lipinski definition) is 4. The van der Waals surface area contributed by atoms with Crippen molar-refractivity contribution in [3.8, 4) is 0 Å². The third-order valence-electron chi connectivity index (χ3n) is 6.47. The van der Waals surface area contributed by atoms with Gasteiger partial charge in [-0.25, -0.2) is 4.39 Å². The smallest absolute Gasteiger partial charge is 0.237 e. The van der Waals surface area contributed by atoms with Crippen LogP contribution >= 0.6 is 0 Å². The predicted molar refractivity (Wildman–Crippen MR) is 115 cm³/mol. The number of hydrogen-bond donors (Lipinski definition) is 0. The molecule has 0 unspecified atom stereocenters. The Morgan fingerprint density at radius 2 is 2.03 bits per heavy atom. The lowest BCUT2D eigenvalue weighted by Crippen LogP contribution is -2.48. The standard InChI is InChI=1S/C23H31FN4O/c1-3-27(22-8-4-7-21-20(22)6-5-11-25-21)19-9-12-26(13-10-19)16-23(29)28-15-18(24)14-17(28)2/h4-8,11,17-19H,3,9-10,12-16H2,1-2H3/t17-,18+/m1/s1. The number of alkyl halides is 1. The summed E-state index contributed by atoms with van der Waals surface area (Å²) >= 11 is 0. The summed E-state index contributed by atoms with van der Waals surface area (Å²) in [5.41, 5.74) is 2.27. The van der Waals surface area contributed by atoms with Crippen LogP contribution in [0, 0.1) is 0 Å². The third-order valence-corrected chi connectivity index (χ3v) is 6.47. The monoisotopic (exact) mass is 398 g/mol. The van der Waals surface area contributed by atoms with Crippen LogP contribution in [0.1, 0.15) is 33.1 Å². The molecule has 2 saturated heterocycles. The van der Waals surface area contributed by atoms with E-state index in [0.717, 1.165) is 38.0 Å². The Labute approximate surface area is 172 Å². The van der Waals surface area contributed by atoms with Crippen LogP contribution in [0.3, 0.4) is 0 Å². The van der Waals surface area contributed by atoms with Gasteiger partial charge in [0.25, 0.3) is 0 Å². The van der Waals surface area contributed by atoms with E-state index >= 15 is 0 Å². The van der Waals surface area contributed by atoms with Crippen molar-refractivity contribution < 1.29 is 9.18 Å². The van der Waals surface area contributed by atoms with Gasteiger partial charge in [-0.2, -0.15) is 0 Å². The van der Waals surface area contributed by atoms with E-state index in [0.29, 0.717) is 19.0 Å². The van der Waals surface area contributed by atoms with Gasteiger partial charge in [-0.05, 0) is 51.0 Å². The largest absolute Gasteiger partial charge is 0.368 e. The van der Waals surface area contributed by atoms with E-state index in [1.807, 2.05) is 19.2 Å². The first-order valence-corrected chi connectivity index (χ1v) is 10.8. The van der Waals surface area contributed by atoms with E-state index in [1.165, 1.54) is 11.1 Å². The minimum atomic E-state index is -0.868. The number of rotatable bonds is 5. The number of amides is 1. The third kappa shape index (κ3) is 4.22. The molecule has 0 spiro atoms. The van der Waals surface area contributed by atoms with Gasteiger partial charge in [-0.1, -0.05) is 6.07 Å². The van der Waals surface area contributed by atoms with Crippen LogP contribution in [-0.4, -0.2) is 71.7 Å². The number of nitrogens with zero attached hydrogens (tertiary/aromatic N) is 4. The molecule has 0 N–H and O–H groups in total. The lowest BCUT2D eigenvalue weighted by molar-refractivity contribution is -0.133. The number of anilines is 1. The molecule has 156 valence electrons. The molecule has 2 fully saturated rings. The zero-order valence-electron chi connectivity index (χ0n) is 17.4. The number of benzene rings is 1. The minimum absolute atomic E-state index is 0.0191. The lowest BCUT2D eigenvalue weighted by Gasteiger charge is -2.40. The predicted octanol–water partition coefficient (Wildman–Crippen LogP) is 3.48. The van der Waals surface area contributed by atoms with Crippen molar-refractivity contribution in [2.24, 2.45) is 0 Å². The van der Waals surface area contributed by atoms with Gasteiger partial charge in [-0.15, -0.1) is 0 Å². The molecule has 0 bridgehead atoms. The van der Waals surface area contributed by atoms with Gasteiger partial charge in [0.1, 0.15) is 6.17 Å². The fourth-order valence-electron chi connectivity index (χ4n) is 4.95. The van der Waals surface area contributed by atoms with Gasteiger partial charge in [0.15, 0.2) is 0 Å². The average molecular weight is 399 g/mol. The van der Waals surface area contributed by atoms with Gasteiger partial charge in [-0.3, -0.25) is 14.7 Å². The van der Waals surface area contributed by atoms with Crippen molar-refractivity contribution in [1.82, 2.24) is 14.8 Å². The molecule has 1 aromatic heterocycles. The molecule has 0 radical (unpaired) electrons. The number of pyridine rings is 1. The molecule has 1 amide bonds. The van der Waals surface area contributed by atoms with Crippen LogP contribution in [0.2, 0.25) is 0 Å². The normalized spacial score (nSPS) is 23.6. The molecule has 6 heteroatoms. The maximum Gasteiger partial charge on any atom is 0.237 e.